The van der Waals surface area contributed by atoms with Gasteiger partial charge in [0.25, 0.3) is 5.56 Å². The number of thiocarbonyl (C=S) groups is 1. The highest BCUT2D eigenvalue weighted by Crippen LogP contribution is 2.29. The quantitative estimate of drug-likeness (QED) is 0.581. The number of hydrogen-bond acceptors (Lipinski definition) is 6. The third kappa shape index (κ3) is 2.71. The predicted octanol–water partition coefficient (Wildman–Crippen LogP) is -0.404. The summed E-state index contributed by atoms with van der Waals surface area (Å²) in [5, 5.41) is 11.5. The number of aliphatic hydroxyl groups excluding tert-OH is 1. The van der Waals surface area contributed by atoms with Gasteiger partial charge in [-0.1, -0.05) is 0 Å². The van der Waals surface area contributed by atoms with Gasteiger partial charge in [-0.25, -0.2) is 9.79 Å². The highest BCUT2D eigenvalue weighted by Gasteiger charge is 2.36. The van der Waals surface area contributed by atoms with E-state index in [4.69, 9.17) is 4.74 Å². The lowest BCUT2D eigenvalue weighted by atomic mass is 10.1. The van der Waals surface area contributed by atoms with Crippen molar-refractivity contribution in [3.05, 3.63) is 32.6 Å². The largest absolute Gasteiger partial charge is 0.394 e. The second kappa shape index (κ2) is 5.58. The van der Waals surface area contributed by atoms with E-state index in [0.29, 0.717) is 12.0 Å². The Balaban J connectivity index is 2.34. The fourth-order valence-electron chi connectivity index (χ4n) is 2.05. The van der Waals surface area contributed by atoms with Gasteiger partial charge in [0.1, 0.15) is 12.3 Å². The zero-order valence-corrected chi connectivity index (χ0v) is 11.0. The van der Waals surface area contributed by atoms with Crippen LogP contribution in [-0.2, 0) is 4.74 Å². The number of ether oxygens (including phenoxy) is 1. The van der Waals surface area contributed by atoms with Gasteiger partial charge in [-0.15, -0.1) is 0 Å². The second-order valence-corrected chi connectivity index (χ2v) is 4.50. The molecule has 0 unspecified atom stereocenters. The van der Waals surface area contributed by atoms with Gasteiger partial charge in [-0.05, 0) is 19.1 Å². The van der Waals surface area contributed by atoms with E-state index in [1.165, 1.54) is 10.8 Å². The highest BCUT2D eigenvalue weighted by atomic mass is 32.1. The minimum absolute atomic E-state index is 0.223. The van der Waals surface area contributed by atoms with Crippen LogP contribution in [0, 0.1) is 6.92 Å². The summed E-state index contributed by atoms with van der Waals surface area (Å²) >= 11 is 4.54. The number of aliphatic imine (C=N–C) groups is 1. The summed E-state index contributed by atoms with van der Waals surface area (Å²) in [6.45, 7) is 1.37. The summed E-state index contributed by atoms with van der Waals surface area (Å²) in [4.78, 5) is 29.2. The normalized spacial score (nSPS) is 26.1. The standard InChI is InChI=1S/C11H13N3O4S/c1-6-3-14(11(17)13-10(6)16)9-2-7(12-5-19)8(4-15)18-9/h3,7-9,15H,2,4H2,1H3,(H,13,16,17)/t7-,8+,9+/m0/s1. The van der Waals surface area contributed by atoms with Gasteiger partial charge >= 0.3 is 5.69 Å². The van der Waals surface area contributed by atoms with E-state index >= 15 is 0 Å². The van der Waals surface area contributed by atoms with Crippen LogP contribution in [0.3, 0.4) is 0 Å². The molecule has 1 aromatic rings. The van der Waals surface area contributed by atoms with Crippen molar-refractivity contribution >= 4 is 17.4 Å². The van der Waals surface area contributed by atoms with E-state index in [0.717, 1.165) is 0 Å². The van der Waals surface area contributed by atoms with Crippen LogP contribution in [0.4, 0.5) is 0 Å². The van der Waals surface area contributed by atoms with Crippen molar-refractivity contribution in [3.8, 4) is 0 Å². The van der Waals surface area contributed by atoms with Crippen LogP contribution in [0.1, 0.15) is 18.2 Å². The summed E-state index contributed by atoms with van der Waals surface area (Å²) < 4.78 is 6.84. The molecule has 0 saturated carbocycles. The molecule has 1 aliphatic heterocycles. The van der Waals surface area contributed by atoms with Crippen molar-refractivity contribution in [1.29, 1.82) is 0 Å². The van der Waals surface area contributed by atoms with Crippen LogP contribution in [0.2, 0.25) is 0 Å². The lowest BCUT2D eigenvalue weighted by Gasteiger charge is -2.14. The highest BCUT2D eigenvalue weighted by molar-refractivity contribution is 7.78. The SMILES string of the molecule is Cc1cn([C@H]2C[C@H](N=C=S)[C@@H](CO)O2)c(=O)[nH]c1=O. The van der Waals surface area contributed by atoms with E-state index < -0.39 is 23.6 Å². The lowest BCUT2D eigenvalue weighted by Crippen LogP contribution is -2.33. The average Bonchev–Trinajstić information content (AvgIpc) is 2.77. The molecule has 1 aromatic heterocycles. The lowest BCUT2D eigenvalue weighted by molar-refractivity contribution is -0.0270. The number of hydrogen-bond donors (Lipinski definition) is 2. The van der Waals surface area contributed by atoms with Gasteiger partial charge < -0.3 is 9.84 Å². The van der Waals surface area contributed by atoms with Crippen LogP contribution in [0.15, 0.2) is 20.8 Å². The fourth-order valence-corrected chi connectivity index (χ4v) is 2.19. The number of nitrogens with one attached hydrogen (secondary N) is 1. The molecule has 102 valence electrons. The first-order valence-electron chi connectivity index (χ1n) is 5.72. The van der Waals surface area contributed by atoms with Gasteiger partial charge in [0.05, 0.1) is 17.8 Å². The molecular weight excluding hydrogens is 270 g/mol. The van der Waals surface area contributed by atoms with Crippen molar-refractivity contribution in [2.45, 2.75) is 31.7 Å². The third-order valence-electron chi connectivity index (χ3n) is 3.06. The van der Waals surface area contributed by atoms with Gasteiger partial charge in [-0.2, -0.15) is 0 Å². The Morgan fingerprint density at radius 1 is 1.68 bits per heavy atom. The second-order valence-electron chi connectivity index (χ2n) is 4.31. The van der Waals surface area contributed by atoms with Crippen molar-refractivity contribution in [2.75, 3.05) is 6.61 Å². The number of aromatic amines is 1. The summed E-state index contributed by atoms with van der Waals surface area (Å²) in [5.41, 5.74) is -0.568. The molecule has 2 N–H and O–H groups in total. The number of aryl methyl sites for hydroxylation is 1. The molecule has 19 heavy (non-hydrogen) atoms. The van der Waals surface area contributed by atoms with E-state index in [9.17, 15) is 14.7 Å². The topological polar surface area (TPSA) is 96.7 Å². The third-order valence-corrected chi connectivity index (χ3v) is 3.16. The van der Waals surface area contributed by atoms with E-state index in [-0.39, 0.29) is 12.6 Å². The van der Waals surface area contributed by atoms with Crippen LogP contribution in [0.25, 0.3) is 0 Å². The zero-order chi connectivity index (χ0) is 14.0. The maximum atomic E-state index is 11.7. The van der Waals surface area contributed by atoms with Gasteiger partial charge in [0.15, 0.2) is 0 Å². The van der Waals surface area contributed by atoms with E-state index in [1.54, 1.807) is 6.92 Å². The molecule has 1 saturated heterocycles. The first kappa shape index (κ1) is 13.8. The average molecular weight is 283 g/mol. The van der Waals surface area contributed by atoms with Crippen LogP contribution in [-0.4, -0.2) is 38.6 Å². The molecule has 0 radical (unpaired) electrons. The molecule has 2 rings (SSSR count). The predicted molar refractivity (Wildman–Crippen MR) is 70.5 cm³/mol. The van der Waals surface area contributed by atoms with Crippen molar-refractivity contribution < 1.29 is 9.84 Å². The summed E-state index contributed by atoms with van der Waals surface area (Å²) in [5.74, 6) is 0. The zero-order valence-electron chi connectivity index (χ0n) is 10.2. The number of aliphatic hydroxyl groups is 1. The van der Waals surface area contributed by atoms with Gasteiger partial charge in [-0.3, -0.25) is 14.3 Å². The van der Waals surface area contributed by atoms with E-state index in [1.807, 2.05) is 0 Å². The molecule has 0 spiro atoms. The van der Waals surface area contributed by atoms with Crippen molar-refractivity contribution in [3.63, 3.8) is 0 Å². The maximum Gasteiger partial charge on any atom is 0.330 e. The summed E-state index contributed by atoms with van der Waals surface area (Å²) in [6.07, 6.45) is 0.709. The first-order chi connectivity index (χ1) is 9.06. The molecule has 0 aliphatic carbocycles. The Labute approximate surface area is 113 Å². The Morgan fingerprint density at radius 2 is 2.42 bits per heavy atom. The summed E-state index contributed by atoms with van der Waals surface area (Å²) in [6, 6.07) is -0.341. The number of H-pyrrole nitrogens is 1. The molecule has 8 heteroatoms. The van der Waals surface area contributed by atoms with Crippen molar-refractivity contribution in [2.24, 2.45) is 4.99 Å². The van der Waals surface area contributed by atoms with Gasteiger partial charge in [0, 0.05) is 18.2 Å². The molecule has 1 aliphatic rings. The van der Waals surface area contributed by atoms with Crippen LogP contribution < -0.4 is 11.2 Å². The minimum Gasteiger partial charge on any atom is -0.394 e. The Hall–Kier alpha value is -1.60. The number of rotatable bonds is 3. The minimum atomic E-state index is -0.586. The molecule has 1 fully saturated rings. The fraction of sp³-hybridized carbons (Fsp3) is 0.545. The molecule has 3 atom stereocenters. The van der Waals surface area contributed by atoms with Crippen LogP contribution in [0.5, 0.6) is 0 Å². The molecule has 0 aromatic carbocycles. The number of isothiocyanates is 1. The summed E-state index contributed by atoms with van der Waals surface area (Å²) in [7, 11) is 0. The molecule has 0 amide bonds. The maximum absolute atomic E-state index is 11.7. The molecule has 2 heterocycles. The Bertz CT molecular complexity index is 632. The van der Waals surface area contributed by atoms with Crippen molar-refractivity contribution in [1.82, 2.24) is 9.55 Å². The smallest absolute Gasteiger partial charge is 0.330 e. The number of nitrogens with zero attached hydrogens (tertiary/aromatic N) is 2. The Kier molecular flexibility index (Phi) is 4.06. The van der Waals surface area contributed by atoms with Gasteiger partial charge in [0.2, 0.25) is 0 Å². The van der Waals surface area contributed by atoms with Crippen LogP contribution >= 0.6 is 12.2 Å². The van der Waals surface area contributed by atoms with E-state index in [2.05, 4.69) is 27.4 Å². The molecule has 7 nitrogen and oxygen atoms in total. The molecule has 0 bridgehead atoms. The molecular formula is C11H13N3O4S. The monoisotopic (exact) mass is 283 g/mol. The first-order valence-corrected chi connectivity index (χ1v) is 6.13. The Morgan fingerprint density at radius 3 is 3.05 bits per heavy atom. The number of aromatic nitrogens is 2.